The fourth-order valence-electron chi connectivity index (χ4n) is 8.56. The zero-order valence-electron chi connectivity index (χ0n) is 37.6. The van der Waals surface area contributed by atoms with E-state index in [4.69, 9.17) is 37.9 Å². The molecule has 4 N–H and O–H groups in total. The molecule has 3 saturated heterocycles. The summed E-state index contributed by atoms with van der Waals surface area (Å²) in [5, 5.41) is 47.5. The van der Waals surface area contributed by atoms with Crippen LogP contribution in [0.2, 0.25) is 0 Å². The largest absolute Gasteiger partial charge is 0.466 e. The maximum absolute atomic E-state index is 13.4. The highest BCUT2D eigenvalue weighted by atomic mass is 16.7. The van der Waals surface area contributed by atoms with Gasteiger partial charge in [-0.25, -0.2) is 9.59 Å². The molecular weight excluding hydrogens is 812 g/mol. The maximum atomic E-state index is 13.4. The van der Waals surface area contributed by atoms with Crippen molar-refractivity contribution in [3.05, 3.63) is 35.5 Å². The van der Waals surface area contributed by atoms with E-state index in [1.165, 1.54) is 27.2 Å². The van der Waals surface area contributed by atoms with Crippen LogP contribution in [0.4, 0.5) is 0 Å². The average molecular weight is 881 g/mol. The lowest BCUT2D eigenvalue weighted by Crippen LogP contribution is -2.62. The second-order valence-corrected chi connectivity index (χ2v) is 18.1. The molecular formula is C45H68O17. The van der Waals surface area contributed by atoms with Gasteiger partial charge in [0.2, 0.25) is 5.79 Å². The van der Waals surface area contributed by atoms with Gasteiger partial charge in [-0.2, -0.15) is 0 Å². The van der Waals surface area contributed by atoms with Crippen molar-refractivity contribution in [1.82, 2.24) is 0 Å². The van der Waals surface area contributed by atoms with Crippen molar-refractivity contribution in [2.45, 2.75) is 192 Å². The summed E-state index contributed by atoms with van der Waals surface area (Å²) in [7, 11) is 2.42. The zero-order chi connectivity index (χ0) is 46.2. The first-order chi connectivity index (χ1) is 29.0. The summed E-state index contributed by atoms with van der Waals surface area (Å²) in [4.78, 5) is 64.8. The molecule has 0 aromatic heterocycles. The molecule has 0 unspecified atom stereocenters. The van der Waals surface area contributed by atoms with Crippen molar-refractivity contribution >= 4 is 29.8 Å². The molecule has 0 aromatic rings. The number of cyclic esters (lactones) is 1. The van der Waals surface area contributed by atoms with E-state index in [2.05, 4.69) is 0 Å². The van der Waals surface area contributed by atoms with Crippen LogP contribution in [0.3, 0.4) is 0 Å². The van der Waals surface area contributed by atoms with Gasteiger partial charge in [-0.3, -0.25) is 14.4 Å². The van der Waals surface area contributed by atoms with Crippen LogP contribution in [0.1, 0.15) is 126 Å². The van der Waals surface area contributed by atoms with Gasteiger partial charge in [-0.1, -0.05) is 59.3 Å². The van der Waals surface area contributed by atoms with Crippen LogP contribution in [-0.2, 0) is 61.9 Å². The summed E-state index contributed by atoms with van der Waals surface area (Å²) in [6.45, 7) is 11.7. The molecule has 17 nitrogen and oxygen atoms in total. The molecule has 4 heterocycles. The monoisotopic (exact) mass is 880 g/mol. The number of ether oxygens (including phenoxy) is 8. The van der Waals surface area contributed by atoms with E-state index < -0.39 is 114 Å². The van der Waals surface area contributed by atoms with Crippen molar-refractivity contribution < 1.29 is 82.3 Å². The van der Waals surface area contributed by atoms with E-state index in [0.717, 1.165) is 6.08 Å². The van der Waals surface area contributed by atoms with E-state index in [9.17, 15) is 44.4 Å². The second-order valence-electron chi connectivity index (χ2n) is 18.1. The smallest absolute Gasteiger partial charge is 0.330 e. The van der Waals surface area contributed by atoms with E-state index in [1.807, 2.05) is 6.92 Å². The number of fused-ring (bicyclic) bond motifs is 6. The van der Waals surface area contributed by atoms with Crippen LogP contribution in [-0.4, -0.2) is 131 Å². The van der Waals surface area contributed by atoms with Crippen LogP contribution in [0, 0.1) is 10.8 Å². The number of hydrogen-bond donors (Lipinski definition) is 4. The SMILES string of the molecule is CCCC(=O)O[C@H]1C[C@H]2C[C@@H](O)CC(=O)O[C@@H]([C@@H](C)O)C[C@@H]3C/C(=C\C(=O)OC)[C@H](OC(=O)CCC)[C@@](O)(O3)C(C)(C)/C=C\[C@H]3C/C(=C\C(=O)OC)C[C@@H](C[C@](O)(O2)C1(C)C)O3. The fraction of sp³-hybridized carbons (Fsp3) is 0.756. The molecule has 3 fully saturated rings. The quantitative estimate of drug-likeness (QED) is 0.111. The minimum atomic E-state index is -2.41. The third kappa shape index (κ3) is 12.5. The van der Waals surface area contributed by atoms with Gasteiger partial charge < -0.3 is 58.3 Å². The third-order valence-electron chi connectivity index (χ3n) is 12.3. The lowest BCUT2D eigenvalue weighted by Gasteiger charge is -2.53. The van der Waals surface area contributed by atoms with Crippen molar-refractivity contribution in [3.63, 3.8) is 0 Å². The lowest BCUT2D eigenvalue weighted by molar-refractivity contribution is -0.348. The van der Waals surface area contributed by atoms with Crippen molar-refractivity contribution in [2.75, 3.05) is 14.2 Å². The summed E-state index contributed by atoms with van der Waals surface area (Å²) in [6, 6.07) is 0. The van der Waals surface area contributed by atoms with E-state index in [-0.39, 0.29) is 63.4 Å². The molecule has 11 atom stereocenters. The summed E-state index contributed by atoms with van der Waals surface area (Å²) >= 11 is 0. The molecule has 0 aromatic carbocycles. The molecule has 0 aliphatic carbocycles. The first kappa shape index (κ1) is 50.9. The molecule has 62 heavy (non-hydrogen) atoms. The number of carbonyl (C=O) groups excluding carboxylic acids is 5. The first-order valence-electron chi connectivity index (χ1n) is 21.6. The average Bonchev–Trinajstić information content (AvgIpc) is 3.16. The Bertz CT molecular complexity index is 1700. The number of esters is 5. The number of rotatable bonds is 9. The van der Waals surface area contributed by atoms with E-state index >= 15 is 0 Å². The minimum Gasteiger partial charge on any atom is -0.466 e. The van der Waals surface area contributed by atoms with Gasteiger partial charge in [-0.15, -0.1) is 0 Å². The number of methoxy groups -OCH3 is 2. The summed E-state index contributed by atoms with van der Waals surface area (Å²) in [5.74, 6) is -7.88. The van der Waals surface area contributed by atoms with Crippen molar-refractivity contribution in [1.29, 1.82) is 0 Å². The van der Waals surface area contributed by atoms with Crippen LogP contribution < -0.4 is 0 Å². The fourth-order valence-corrected chi connectivity index (χ4v) is 8.56. The Labute approximate surface area is 364 Å². The van der Waals surface area contributed by atoms with Crippen LogP contribution in [0.15, 0.2) is 35.5 Å². The molecule has 4 aliphatic rings. The number of aliphatic hydroxyl groups is 4. The van der Waals surface area contributed by atoms with Crippen molar-refractivity contribution in [2.24, 2.45) is 10.8 Å². The number of aliphatic hydroxyl groups excluding tert-OH is 2. The van der Waals surface area contributed by atoms with Crippen molar-refractivity contribution in [3.8, 4) is 0 Å². The van der Waals surface area contributed by atoms with Crippen LogP contribution in [0.25, 0.3) is 0 Å². The predicted octanol–water partition coefficient (Wildman–Crippen LogP) is 3.95. The normalized spacial score (nSPS) is 36.3. The summed E-state index contributed by atoms with van der Waals surface area (Å²) in [5.41, 5.74) is -1.95. The second kappa shape index (κ2) is 21.3. The highest BCUT2D eigenvalue weighted by Gasteiger charge is 2.59. The van der Waals surface area contributed by atoms with Gasteiger partial charge in [0, 0.05) is 56.1 Å². The Morgan fingerprint density at radius 2 is 1.47 bits per heavy atom. The molecule has 0 spiro atoms. The Hall–Kier alpha value is -3.71. The standard InChI is InChI=1S/C45H68O17/c1-10-12-36(48)59-35-24-32-21-29(47)22-40(52)58-34(26(3)46)23-31-19-28(20-39(51)56-9)41(60-37(49)13-11-2)45(54,62-31)42(4,5)15-14-30-16-27(18-38(50)55-8)17-33(57-30)25-44(53,61-32)43(35,6)7/h14-15,18,20,26,29-35,41,46-47,53-54H,10-13,16-17,19,21-25H2,1-9H3/b15-14-,27-18+,28-20+/t26-,29-,30+,31+,32-,33+,34-,35+,41+,44+,45-/m1/s1. The summed E-state index contributed by atoms with van der Waals surface area (Å²) < 4.78 is 46.9. The third-order valence-corrected chi connectivity index (χ3v) is 12.3. The van der Waals surface area contributed by atoms with Gasteiger partial charge >= 0.3 is 29.8 Å². The van der Waals surface area contributed by atoms with E-state index in [0.29, 0.717) is 18.4 Å². The molecule has 0 amide bonds. The summed E-state index contributed by atoms with van der Waals surface area (Å²) in [6.07, 6.45) is -3.83. The predicted molar refractivity (Wildman–Crippen MR) is 219 cm³/mol. The minimum absolute atomic E-state index is 0.00811. The topological polar surface area (TPSA) is 240 Å². The molecule has 350 valence electrons. The Morgan fingerprint density at radius 3 is 2.08 bits per heavy atom. The highest BCUT2D eigenvalue weighted by Crippen LogP contribution is 2.50. The maximum Gasteiger partial charge on any atom is 0.330 e. The van der Waals surface area contributed by atoms with Gasteiger partial charge in [0.1, 0.15) is 12.2 Å². The Kier molecular flexibility index (Phi) is 17.5. The van der Waals surface area contributed by atoms with E-state index in [1.54, 1.807) is 46.8 Å². The Morgan fingerprint density at radius 1 is 0.839 bits per heavy atom. The van der Waals surface area contributed by atoms with Gasteiger partial charge in [0.15, 0.2) is 11.9 Å². The van der Waals surface area contributed by atoms with Crippen LogP contribution in [0.5, 0.6) is 0 Å². The molecule has 4 aliphatic heterocycles. The number of hydrogen-bond acceptors (Lipinski definition) is 17. The molecule has 0 saturated carbocycles. The molecule has 17 heteroatoms. The van der Waals surface area contributed by atoms with Crippen LogP contribution >= 0.6 is 0 Å². The molecule has 4 rings (SSSR count). The molecule has 0 radical (unpaired) electrons. The highest BCUT2D eigenvalue weighted by molar-refractivity contribution is 5.83. The van der Waals surface area contributed by atoms with Gasteiger partial charge in [0.05, 0.1) is 62.7 Å². The van der Waals surface area contributed by atoms with Gasteiger partial charge in [0.25, 0.3) is 0 Å². The number of carbonyl (C=O) groups is 5. The molecule has 6 bridgehead atoms. The zero-order valence-corrected chi connectivity index (χ0v) is 37.6. The van der Waals surface area contributed by atoms with Gasteiger partial charge in [-0.05, 0) is 44.6 Å². The first-order valence-corrected chi connectivity index (χ1v) is 21.6. The lowest BCUT2D eigenvalue weighted by atomic mass is 9.70. The Balaban J connectivity index is 1.89.